The van der Waals surface area contributed by atoms with Crippen LogP contribution < -0.4 is 16.8 Å². The van der Waals surface area contributed by atoms with Gasteiger partial charge in [-0.2, -0.15) is 0 Å². The molecule has 0 aromatic rings. The lowest BCUT2D eigenvalue weighted by Crippen LogP contribution is -2.52. The van der Waals surface area contributed by atoms with E-state index in [0.717, 1.165) is 0 Å². The van der Waals surface area contributed by atoms with Crippen LogP contribution >= 0.6 is 0 Å². The predicted molar refractivity (Wildman–Crippen MR) is 58.3 cm³/mol. The zero-order valence-electron chi connectivity index (χ0n) is 9.66. The van der Waals surface area contributed by atoms with Gasteiger partial charge in [0.15, 0.2) is 0 Å². The summed E-state index contributed by atoms with van der Waals surface area (Å²) in [5.74, 6) is -0.629. The summed E-state index contributed by atoms with van der Waals surface area (Å²) in [7, 11) is 0. The lowest BCUT2D eigenvalue weighted by Gasteiger charge is -2.27. The minimum atomic E-state index is -0.716. The molecule has 92 valence electrons. The van der Waals surface area contributed by atoms with Crippen LogP contribution in [-0.2, 0) is 14.3 Å². The summed E-state index contributed by atoms with van der Waals surface area (Å²) in [5, 5.41) is 2.72. The molecule has 0 aromatic heterocycles. The molecule has 3 atom stereocenters. The fourth-order valence-electron chi connectivity index (χ4n) is 1.66. The van der Waals surface area contributed by atoms with E-state index in [-0.39, 0.29) is 24.4 Å². The zero-order valence-corrected chi connectivity index (χ0v) is 9.66. The quantitative estimate of drug-likeness (QED) is 0.558. The third-order valence-corrected chi connectivity index (χ3v) is 2.92. The van der Waals surface area contributed by atoms with Crippen molar-refractivity contribution in [3.05, 3.63) is 0 Å². The molecule has 6 heteroatoms. The standard InChI is InChI=1S/C10H19N3O3/c1-6(3-8(12)14)13-9(15)10(2)5-16-4-7(10)11/h6-7H,3-5,11H2,1-2H3,(H2,12,14)(H,13,15). The van der Waals surface area contributed by atoms with Gasteiger partial charge in [-0.3, -0.25) is 9.59 Å². The number of amides is 2. The summed E-state index contributed by atoms with van der Waals surface area (Å²) in [4.78, 5) is 22.6. The molecular weight excluding hydrogens is 210 g/mol. The van der Waals surface area contributed by atoms with E-state index in [0.29, 0.717) is 13.2 Å². The Bertz CT molecular complexity index is 295. The molecule has 3 unspecified atom stereocenters. The monoisotopic (exact) mass is 229 g/mol. The van der Waals surface area contributed by atoms with Gasteiger partial charge in [-0.15, -0.1) is 0 Å². The maximum absolute atomic E-state index is 11.9. The van der Waals surface area contributed by atoms with E-state index in [9.17, 15) is 9.59 Å². The number of carbonyl (C=O) groups is 2. The number of hydrogen-bond donors (Lipinski definition) is 3. The predicted octanol–water partition coefficient (Wildman–Crippen LogP) is -1.27. The molecule has 6 nitrogen and oxygen atoms in total. The molecule has 1 aliphatic heterocycles. The van der Waals surface area contributed by atoms with E-state index in [4.69, 9.17) is 16.2 Å². The van der Waals surface area contributed by atoms with Crippen LogP contribution in [0.5, 0.6) is 0 Å². The first-order valence-corrected chi connectivity index (χ1v) is 5.29. The van der Waals surface area contributed by atoms with Crippen LogP contribution in [0.3, 0.4) is 0 Å². The van der Waals surface area contributed by atoms with E-state index in [1.54, 1.807) is 13.8 Å². The maximum Gasteiger partial charge on any atom is 0.230 e. The number of nitrogens with one attached hydrogen (secondary N) is 1. The molecule has 0 aliphatic carbocycles. The zero-order chi connectivity index (χ0) is 12.3. The van der Waals surface area contributed by atoms with Crippen molar-refractivity contribution in [3.8, 4) is 0 Å². The molecule has 1 heterocycles. The molecule has 1 aliphatic rings. The summed E-state index contributed by atoms with van der Waals surface area (Å²) >= 11 is 0. The largest absolute Gasteiger partial charge is 0.379 e. The van der Waals surface area contributed by atoms with Gasteiger partial charge in [-0.05, 0) is 13.8 Å². The summed E-state index contributed by atoms with van der Waals surface area (Å²) in [5.41, 5.74) is 10.1. The second-order valence-corrected chi connectivity index (χ2v) is 4.58. The number of primary amides is 1. The van der Waals surface area contributed by atoms with Gasteiger partial charge in [0, 0.05) is 18.5 Å². The highest BCUT2D eigenvalue weighted by Gasteiger charge is 2.44. The minimum Gasteiger partial charge on any atom is -0.379 e. The Labute approximate surface area is 94.7 Å². The third kappa shape index (κ3) is 2.70. The van der Waals surface area contributed by atoms with Crippen molar-refractivity contribution in [1.29, 1.82) is 0 Å². The Balaban J connectivity index is 2.54. The van der Waals surface area contributed by atoms with Crippen LogP contribution in [-0.4, -0.2) is 37.1 Å². The highest BCUT2D eigenvalue weighted by atomic mass is 16.5. The Kier molecular flexibility index (Phi) is 3.88. The van der Waals surface area contributed by atoms with E-state index in [1.165, 1.54) is 0 Å². The van der Waals surface area contributed by atoms with E-state index < -0.39 is 11.3 Å². The Morgan fingerprint density at radius 2 is 2.25 bits per heavy atom. The lowest BCUT2D eigenvalue weighted by atomic mass is 9.84. The van der Waals surface area contributed by atoms with Crippen molar-refractivity contribution in [2.24, 2.45) is 16.9 Å². The fraction of sp³-hybridized carbons (Fsp3) is 0.800. The summed E-state index contributed by atoms with van der Waals surface area (Å²) in [6, 6.07) is -0.595. The normalized spacial score (nSPS) is 31.1. The van der Waals surface area contributed by atoms with Crippen LogP contribution in [0.15, 0.2) is 0 Å². The van der Waals surface area contributed by atoms with E-state index in [2.05, 4.69) is 5.32 Å². The van der Waals surface area contributed by atoms with Gasteiger partial charge in [0.1, 0.15) is 0 Å². The van der Waals surface area contributed by atoms with Gasteiger partial charge in [-0.25, -0.2) is 0 Å². The summed E-state index contributed by atoms with van der Waals surface area (Å²) in [6.45, 7) is 4.18. The maximum atomic E-state index is 11.9. The summed E-state index contributed by atoms with van der Waals surface area (Å²) in [6.07, 6.45) is 0.123. The minimum absolute atomic E-state index is 0.123. The number of hydrogen-bond acceptors (Lipinski definition) is 4. The molecule has 5 N–H and O–H groups in total. The highest BCUT2D eigenvalue weighted by Crippen LogP contribution is 2.27. The smallest absolute Gasteiger partial charge is 0.230 e. The first-order valence-electron chi connectivity index (χ1n) is 5.29. The Morgan fingerprint density at radius 3 is 2.69 bits per heavy atom. The Hall–Kier alpha value is -1.14. The molecule has 0 saturated carbocycles. The molecule has 0 spiro atoms. The van der Waals surface area contributed by atoms with Crippen molar-refractivity contribution in [2.75, 3.05) is 13.2 Å². The number of nitrogens with two attached hydrogens (primary N) is 2. The number of ether oxygens (including phenoxy) is 1. The van der Waals surface area contributed by atoms with Crippen molar-refractivity contribution in [3.63, 3.8) is 0 Å². The molecule has 0 aromatic carbocycles. The molecule has 1 fully saturated rings. The van der Waals surface area contributed by atoms with Crippen LogP contribution in [0.25, 0.3) is 0 Å². The van der Waals surface area contributed by atoms with Crippen LogP contribution in [0.4, 0.5) is 0 Å². The van der Waals surface area contributed by atoms with E-state index in [1.807, 2.05) is 0 Å². The summed E-state index contributed by atoms with van der Waals surface area (Å²) < 4.78 is 5.18. The lowest BCUT2D eigenvalue weighted by molar-refractivity contribution is -0.131. The molecular formula is C10H19N3O3. The third-order valence-electron chi connectivity index (χ3n) is 2.92. The number of rotatable bonds is 4. The first kappa shape index (κ1) is 12.9. The van der Waals surface area contributed by atoms with Gasteiger partial charge >= 0.3 is 0 Å². The second-order valence-electron chi connectivity index (χ2n) is 4.58. The van der Waals surface area contributed by atoms with Gasteiger partial charge in [0.05, 0.1) is 18.6 Å². The van der Waals surface area contributed by atoms with E-state index >= 15 is 0 Å². The van der Waals surface area contributed by atoms with Crippen molar-refractivity contribution in [2.45, 2.75) is 32.4 Å². The van der Waals surface area contributed by atoms with Crippen LogP contribution in [0, 0.1) is 5.41 Å². The molecule has 1 rings (SSSR count). The van der Waals surface area contributed by atoms with Gasteiger partial charge in [-0.1, -0.05) is 0 Å². The molecule has 0 radical (unpaired) electrons. The van der Waals surface area contributed by atoms with Crippen molar-refractivity contribution in [1.82, 2.24) is 5.32 Å². The average Bonchev–Trinajstić information content (AvgIpc) is 2.46. The molecule has 16 heavy (non-hydrogen) atoms. The Morgan fingerprint density at radius 1 is 1.62 bits per heavy atom. The molecule has 2 amide bonds. The van der Waals surface area contributed by atoms with Gasteiger partial charge < -0.3 is 21.5 Å². The first-order chi connectivity index (χ1) is 7.36. The average molecular weight is 229 g/mol. The fourth-order valence-corrected chi connectivity index (χ4v) is 1.66. The topological polar surface area (TPSA) is 107 Å². The molecule has 0 bridgehead atoms. The van der Waals surface area contributed by atoms with Crippen LogP contribution in [0.1, 0.15) is 20.3 Å². The van der Waals surface area contributed by atoms with Gasteiger partial charge in [0.25, 0.3) is 0 Å². The van der Waals surface area contributed by atoms with Gasteiger partial charge in [0.2, 0.25) is 11.8 Å². The van der Waals surface area contributed by atoms with Crippen LogP contribution in [0.2, 0.25) is 0 Å². The highest BCUT2D eigenvalue weighted by molar-refractivity contribution is 5.84. The number of carbonyl (C=O) groups excluding carboxylic acids is 2. The second kappa shape index (κ2) is 4.80. The SMILES string of the molecule is CC(CC(N)=O)NC(=O)C1(C)COCC1N. The van der Waals surface area contributed by atoms with Crippen molar-refractivity contribution < 1.29 is 14.3 Å². The molecule has 1 saturated heterocycles. The van der Waals surface area contributed by atoms with Crippen molar-refractivity contribution >= 4 is 11.8 Å².